The first-order valence-electron chi connectivity index (χ1n) is 6.20. The molecular weight excluding hydrogens is 246 g/mol. The average Bonchev–Trinajstić information content (AvgIpc) is 2.77. The maximum absolute atomic E-state index is 12.3. The Morgan fingerprint density at radius 1 is 1.33 bits per heavy atom. The van der Waals surface area contributed by atoms with Crippen LogP contribution in [0.15, 0.2) is 29.2 Å². The second kappa shape index (κ2) is 4.91. The zero-order valence-electron chi connectivity index (χ0n) is 10.4. The number of nitrogens with one attached hydrogen (secondary N) is 1. The quantitative estimate of drug-likeness (QED) is 0.807. The summed E-state index contributed by atoms with van der Waals surface area (Å²) in [5, 5.41) is 3.28. The Hall–Kier alpha value is -1.04. The molecule has 1 aromatic carbocycles. The highest BCUT2D eigenvalue weighted by Crippen LogP contribution is 2.26. The van der Waals surface area contributed by atoms with Crippen LogP contribution in [0.1, 0.15) is 0 Å². The van der Waals surface area contributed by atoms with Gasteiger partial charge in [0.25, 0.3) is 0 Å². The number of thioether (sulfide) groups is 1. The number of hydrogen-bond acceptors (Lipinski definition) is 4. The largest absolute Gasteiger partial charge is 0.313 e. The summed E-state index contributed by atoms with van der Waals surface area (Å²) in [6, 6.07) is 8.25. The van der Waals surface area contributed by atoms with Crippen molar-refractivity contribution in [3.63, 3.8) is 0 Å². The van der Waals surface area contributed by atoms with E-state index in [1.807, 2.05) is 17.0 Å². The van der Waals surface area contributed by atoms with Gasteiger partial charge < -0.3 is 5.32 Å². The van der Waals surface area contributed by atoms with Crippen molar-refractivity contribution >= 4 is 23.4 Å². The Kier molecular flexibility index (Phi) is 3.28. The highest BCUT2D eigenvalue weighted by Gasteiger charge is 2.39. The molecule has 4 nitrogen and oxygen atoms in total. The smallest absolute Gasteiger partial charge is 0.246 e. The van der Waals surface area contributed by atoms with Gasteiger partial charge in [0.05, 0.1) is 6.67 Å². The van der Waals surface area contributed by atoms with Crippen LogP contribution in [0.25, 0.3) is 0 Å². The molecule has 0 aromatic heterocycles. The van der Waals surface area contributed by atoms with E-state index < -0.39 is 0 Å². The van der Waals surface area contributed by atoms with Gasteiger partial charge in [-0.3, -0.25) is 14.6 Å². The fourth-order valence-electron chi connectivity index (χ4n) is 2.56. The molecule has 0 spiro atoms. The minimum atomic E-state index is 0.0268. The summed E-state index contributed by atoms with van der Waals surface area (Å²) >= 11 is 1.72. The summed E-state index contributed by atoms with van der Waals surface area (Å²) in [5.74, 6) is 0.221. The van der Waals surface area contributed by atoms with Crippen molar-refractivity contribution in [1.82, 2.24) is 10.2 Å². The standard InChI is InChI=1S/C13H17N3OS/c1-18-11-4-2-10(3-5-11)16-9-15-7-6-14-8-12(15)13(16)17/h2-5,12,14H,6-9H2,1H3. The van der Waals surface area contributed by atoms with Crippen molar-refractivity contribution in [3.05, 3.63) is 24.3 Å². The van der Waals surface area contributed by atoms with Gasteiger partial charge in [0.1, 0.15) is 6.04 Å². The SMILES string of the molecule is CSc1ccc(N2CN3CCNCC3C2=O)cc1. The van der Waals surface area contributed by atoms with E-state index in [2.05, 4.69) is 28.6 Å². The third kappa shape index (κ3) is 2.02. The normalized spacial score (nSPS) is 24.4. The summed E-state index contributed by atoms with van der Waals surface area (Å²) in [4.78, 5) is 17.7. The van der Waals surface area contributed by atoms with Crippen LogP contribution in [0.4, 0.5) is 5.69 Å². The van der Waals surface area contributed by atoms with Crippen molar-refractivity contribution in [2.75, 3.05) is 37.5 Å². The van der Waals surface area contributed by atoms with Crippen molar-refractivity contribution in [2.45, 2.75) is 10.9 Å². The second-order valence-corrected chi connectivity index (χ2v) is 5.52. The monoisotopic (exact) mass is 263 g/mol. The predicted molar refractivity (Wildman–Crippen MR) is 73.9 cm³/mol. The number of benzene rings is 1. The number of carbonyl (C=O) groups is 1. The number of carbonyl (C=O) groups excluding carboxylic acids is 1. The third-order valence-electron chi connectivity index (χ3n) is 3.61. The van der Waals surface area contributed by atoms with E-state index in [0.29, 0.717) is 0 Å². The Labute approximate surface area is 111 Å². The van der Waals surface area contributed by atoms with E-state index in [9.17, 15) is 4.79 Å². The van der Waals surface area contributed by atoms with Gasteiger partial charge in [-0.2, -0.15) is 0 Å². The summed E-state index contributed by atoms with van der Waals surface area (Å²) in [6.07, 6.45) is 2.06. The number of amides is 1. The molecule has 1 atom stereocenters. The molecule has 1 aromatic rings. The lowest BCUT2D eigenvalue weighted by Crippen LogP contribution is -2.50. The molecular formula is C13H17N3OS. The van der Waals surface area contributed by atoms with Crippen LogP contribution >= 0.6 is 11.8 Å². The van der Waals surface area contributed by atoms with Crippen molar-refractivity contribution < 1.29 is 4.79 Å². The number of nitrogens with zero attached hydrogens (tertiary/aromatic N) is 2. The first-order valence-corrected chi connectivity index (χ1v) is 7.42. The van der Waals surface area contributed by atoms with Gasteiger partial charge in [-0.1, -0.05) is 0 Å². The second-order valence-electron chi connectivity index (χ2n) is 4.64. The van der Waals surface area contributed by atoms with Crippen LogP contribution in [0.5, 0.6) is 0 Å². The Morgan fingerprint density at radius 2 is 2.11 bits per heavy atom. The molecule has 3 rings (SSSR count). The van der Waals surface area contributed by atoms with Crippen molar-refractivity contribution in [3.8, 4) is 0 Å². The maximum atomic E-state index is 12.3. The molecule has 96 valence electrons. The van der Waals surface area contributed by atoms with Crippen LogP contribution in [0.2, 0.25) is 0 Å². The van der Waals surface area contributed by atoms with Crippen LogP contribution in [0.3, 0.4) is 0 Å². The lowest BCUT2D eigenvalue weighted by molar-refractivity contribution is -0.119. The minimum Gasteiger partial charge on any atom is -0.313 e. The number of piperazine rings is 1. The minimum absolute atomic E-state index is 0.0268. The number of anilines is 1. The molecule has 2 heterocycles. The zero-order valence-corrected chi connectivity index (χ0v) is 11.2. The number of fused-ring (bicyclic) bond motifs is 1. The lowest BCUT2D eigenvalue weighted by Gasteiger charge is -2.26. The van der Waals surface area contributed by atoms with Crippen molar-refractivity contribution in [1.29, 1.82) is 0 Å². The molecule has 0 bridgehead atoms. The molecule has 1 unspecified atom stereocenters. The van der Waals surface area contributed by atoms with Gasteiger partial charge in [-0.05, 0) is 30.5 Å². The van der Waals surface area contributed by atoms with Gasteiger partial charge >= 0.3 is 0 Å². The first-order chi connectivity index (χ1) is 8.79. The lowest BCUT2D eigenvalue weighted by atomic mass is 10.2. The van der Waals surface area contributed by atoms with Crippen LogP contribution in [0, 0.1) is 0 Å². The molecule has 0 saturated carbocycles. The summed E-state index contributed by atoms with van der Waals surface area (Å²) < 4.78 is 0. The van der Waals surface area contributed by atoms with Crippen LogP contribution < -0.4 is 10.2 Å². The zero-order chi connectivity index (χ0) is 12.5. The molecule has 2 aliphatic rings. The molecule has 0 radical (unpaired) electrons. The fourth-order valence-corrected chi connectivity index (χ4v) is 2.97. The van der Waals surface area contributed by atoms with E-state index in [-0.39, 0.29) is 11.9 Å². The topological polar surface area (TPSA) is 35.6 Å². The first kappa shape index (κ1) is 12.0. The van der Waals surface area contributed by atoms with Crippen LogP contribution in [-0.4, -0.2) is 49.4 Å². The summed E-state index contributed by atoms with van der Waals surface area (Å²) in [6.45, 7) is 3.43. The number of rotatable bonds is 2. The molecule has 1 amide bonds. The van der Waals surface area contributed by atoms with E-state index in [4.69, 9.17) is 0 Å². The predicted octanol–water partition coefficient (Wildman–Crippen LogP) is 0.986. The van der Waals surface area contributed by atoms with E-state index in [1.165, 1.54) is 4.90 Å². The highest BCUT2D eigenvalue weighted by molar-refractivity contribution is 7.98. The van der Waals surface area contributed by atoms with Gasteiger partial charge in [0.15, 0.2) is 0 Å². The highest BCUT2D eigenvalue weighted by atomic mass is 32.2. The van der Waals surface area contributed by atoms with Crippen molar-refractivity contribution in [2.24, 2.45) is 0 Å². The molecule has 2 fully saturated rings. The van der Waals surface area contributed by atoms with Gasteiger partial charge in [-0.15, -0.1) is 11.8 Å². The van der Waals surface area contributed by atoms with Gasteiger partial charge in [0.2, 0.25) is 5.91 Å². The number of hydrogen-bond donors (Lipinski definition) is 1. The maximum Gasteiger partial charge on any atom is 0.246 e. The Bertz CT molecular complexity index is 448. The average molecular weight is 263 g/mol. The summed E-state index contributed by atoms with van der Waals surface area (Å²) in [5.41, 5.74) is 1.01. The molecule has 0 aliphatic carbocycles. The van der Waals surface area contributed by atoms with E-state index in [0.717, 1.165) is 32.0 Å². The fraction of sp³-hybridized carbons (Fsp3) is 0.462. The molecule has 5 heteroatoms. The Balaban J connectivity index is 1.81. The van der Waals surface area contributed by atoms with Crippen LogP contribution in [-0.2, 0) is 4.79 Å². The van der Waals surface area contributed by atoms with E-state index >= 15 is 0 Å². The third-order valence-corrected chi connectivity index (χ3v) is 4.36. The molecule has 2 aliphatic heterocycles. The Morgan fingerprint density at radius 3 is 2.78 bits per heavy atom. The molecule has 18 heavy (non-hydrogen) atoms. The molecule has 2 saturated heterocycles. The van der Waals surface area contributed by atoms with E-state index in [1.54, 1.807) is 11.8 Å². The van der Waals surface area contributed by atoms with Gasteiger partial charge in [-0.25, -0.2) is 0 Å². The summed E-state index contributed by atoms with van der Waals surface area (Å²) in [7, 11) is 0. The van der Waals surface area contributed by atoms with Gasteiger partial charge in [0, 0.05) is 30.2 Å². The molecule has 1 N–H and O–H groups in total.